The normalized spacial score (nSPS) is 11.0. The van der Waals surface area contributed by atoms with Crippen molar-refractivity contribution in [1.29, 1.82) is 0 Å². The lowest BCUT2D eigenvalue weighted by Gasteiger charge is -2.04. The molecular formula is C9H14N4O4S. The number of nitrogens with two attached hydrogens (primary N) is 1. The molecule has 0 fully saturated rings. The molecule has 0 unspecified atom stereocenters. The molecule has 0 bridgehead atoms. The number of esters is 1. The fourth-order valence-electron chi connectivity index (χ4n) is 1.13. The van der Waals surface area contributed by atoms with Gasteiger partial charge in [0.15, 0.2) is 5.69 Å². The minimum Gasteiger partial charge on any atom is -0.464 e. The van der Waals surface area contributed by atoms with Crippen LogP contribution in [0.2, 0.25) is 0 Å². The Balaban J connectivity index is 2.42. The van der Waals surface area contributed by atoms with E-state index in [1.54, 1.807) is 6.07 Å². The number of aromatic nitrogens is 2. The van der Waals surface area contributed by atoms with Crippen LogP contribution in [0.25, 0.3) is 0 Å². The summed E-state index contributed by atoms with van der Waals surface area (Å²) in [7, 11) is -2.18. The third-order valence-corrected chi connectivity index (χ3v) is 2.83. The van der Waals surface area contributed by atoms with Gasteiger partial charge in [0.2, 0.25) is 10.0 Å². The van der Waals surface area contributed by atoms with Gasteiger partial charge in [-0.3, -0.25) is 0 Å². The minimum atomic E-state index is -3.44. The fraction of sp³-hybridized carbons (Fsp3) is 0.444. The Bertz CT molecular complexity index is 500. The second-order valence-corrected chi connectivity index (χ2v) is 5.18. The zero-order chi connectivity index (χ0) is 13.6. The molecule has 0 spiro atoms. The van der Waals surface area contributed by atoms with Crippen LogP contribution in [0.1, 0.15) is 16.9 Å². The van der Waals surface area contributed by atoms with Crippen molar-refractivity contribution in [2.45, 2.75) is 6.42 Å². The van der Waals surface area contributed by atoms with Crippen molar-refractivity contribution in [1.82, 2.24) is 10.2 Å². The zero-order valence-corrected chi connectivity index (χ0v) is 10.6. The standard InChI is InChI=1S/C9H14N4O4S/c1-17-9(14)7-3-4-8(13-12-7)11-5-2-6-18(10,15)16/h3-4H,2,5-6H2,1H3,(H,11,13)(H2,10,15,16). The second kappa shape index (κ2) is 6.26. The molecule has 3 N–H and O–H groups in total. The van der Waals surface area contributed by atoms with Crippen LogP contribution in [-0.2, 0) is 14.8 Å². The first-order chi connectivity index (χ1) is 8.42. The molecule has 0 aliphatic heterocycles. The average Bonchev–Trinajstić information content (AvgIpc) is 2.33. The number of nitrogens with zero attached hydrogens (tertiary/aromatic N) is 2. The lowest BCUT2D eigenvalue weighted by molar-refractivity contribution is 0.0592. The van der Waals surface area contributed by atoms with Gasteiger partial charge in [-0.2, -0.15) is 0 Å². The Morgan fingerprint density at radius 2 is 2.17 bits per heavy atom. The lowest BCUT2D eigenvalue weighted by Crippen LogP contribution is -2.19. The molecule has 0 saturated carbocycles. The second-order valence-electron chi connectivity index (χ2n) is 3.44. The molecule has 0 saturated heterocycles. The maximum absolute atomic E-state index is 11.1. The highest BCUT2D eigenvalue weighted by Crippen LogP contribution is 2.03. The number of methoxy groups -OCH3 is 1. The van der Waals surface area contributed by atoms with Crippen molar-refractivity contribution < 1.29 is 17.9 Å². The highest BCUT2D eigenvalue weighted by atomic mass is 32.2. The Morgan fingerprint density at radius 1 is 1.44 bits per heavy atom. The lowest BCUT2D eigenvalue weighted by atomic mass is 10.4. The predicted octanol–water partition coefficient (Wildman–Crippen LogP) is -0.646. The molecule has 0 radical (unpaired) electrons. The number of ether oxygens (including phenoxy) is 1. The minimum absolute atomic E-state index is 0.103. The number of sulfonamides is 1. The number of carbonyl (C=O) groups is 1. The molecule has 1 aromatic rings. The zero-order valence-electron chi connectivity index (χ0n) is 9.79. The Kier molecular flexibility index (Phi) is 4.98. The van der Waals surface area contributed by atoms with E-state index in [0.717, 1.165) is 0 Å². The molecule has 100 valence electrons. The summed E-state index contributed by atoms with van der Waals surface area (Å²) in [6.45, 7) is 0.392. The van der Waals surface area contributed by atoms with Crippen LogP contribution in [-0.4, -0.2) is 44.0 Å². The van der Waals surface area contributed by atoms with Gasteiger partial charge in [-0.1, -0.05) is 0 Å². The molecule has 18 heavy (non-hydrogen) atoms. The number of nitrogens with one attached hydrogen (secondary N) is 1. The van der Waals surface area contributed by atoms with Gasteiger partial charge in [-0.05, 0) is 18.6 Å². The number of primary sulfonamides is 1. The van der Waals surface area contributed by atoms with Crippen LogP contribution in [0.4, 0.5) is 5.82 Å². The van der Waals surface area contributed by atoms with Crippen molar-refractivity contribution in [2.75, 3.05) is 24.7 Å². The highest BCUT2D eigenvalue weighted by Gasteiger charge is 2.07. The van der Waals surface area contributed by atoms with E-state index in [4.69, 9.17) is 5.14 Å². The maximum atomic E-state index is 11.1. The van der Waals surface area contributed by atoms with Gasteiger partial charge in [-0.15, -0.1) is 10.2 Å². The van der Waals surface area contributed by atoms with Gasteiger partial charge < -0.3 is 10.1 Å². The van der Waals surface area contributed by atoms with Crippen molar-refractivity contribution in [3.63, 3.8) is 0 Å². The topological polar surface area (TPSA) is 124 Å². The van der Waals surface area contributed by atoms with Gasteiger partial charge in [-0.25, -0.2) is 18.4 Å². The Hall–Kier alpha value is -1.74. The van der Waals surface area contributed by atoms with Gasteiger partial charge in [0.1, 0.15) is 5.82 Å². The third kappa shape index (κ3) is 5.06. The van der Waals surface area contributed by atoms with Crippen LogP contribution in [0.3, 0.4) is 0 Å². The summed E-state index contributed by atoms with van der Waals surface area (Å²) in [5.41, 5.74) is 0.104. The van der Waals surface area contributed by atoms with Crippen molar-refractivity contribution in [2.24, 2.45) is 5.14 Å². The van der Waals surface area contributed by atoms with E-state index in [2.05, 4.69) is 20.3 Å². The first kappa shape index (κ1) is 14.3. The first-order valence-corrected chi connectivity index (χ1v) is 6.80. The van der Waals surface area contributed by atoms with Crippen LogP contribution < -0.4 is 10.5 Å². The molecule has 0 aliphatic rings. The number of hydrogen-bond donors (Lipinski definition) is 2. The summed E-state index contributed by atoms with van der Waals surface area (Å²) in [4.78, 5) is 11.1. The Labute approximate surface area is 105 Å². The molecule has 1 heterocycles. The average molecular weight is 274 g/mol. The number of hydrogen-bond acceptors (Lipinski definition) is 7. The summed E-state index contributed by atoms with van der Waals surface area (Å²) >= 11 is 0. The summed E-state index contributed by atoms with van der Waals surface area (Å²) in [6, 6.07) is 3.01. The van der Waals surface area contributed by atoms with E-state index in [1.807, 2.05) is 0 Å². The van der Waals surface area contributed by atoms with Crippen molar-refractivity contribution in [3.05, 3.63) is 17.8 Å². The van der Waals surface area contributed by atoms with Crippen molar-refractivity contribution >= 4 is 21.8 Å². The van der Waals surface area contributed by atoms with Crippen LogP contribution in [0.15, 0.2) is 12.1 Å². The molecule has 1 aromatic heterocycles. The Morgan fingerprint density at radius 3 is 2.67 bits per heavy atom. The monoisotopic (exact) mass is 274 g/mol. The molecule has 0 amide bonds. The molecule has 0 atom stereocenters. The first-order valence-electron chi connectivity index (χ1n) is 5.09. The molecule has 8 nitrogen and oxygen atoms in total. The largest absolute Gasteiger partial charge is 0.464 e. The fourth-order valence-corrected chi connectivity index (χ4v) is 1.68. The summed E-state index contributed by atoms with van der Waals surface area (Å²) in [6.07, 6.45) is 0.360. The van der Waals surface area contributed by atoms with Gasteiger partial charge in [0, 0.05) is 6.54 Å². The maximum Gasteiger partial charge on any atom is 0.358 e. The molecular weight excluding hydrogens is 260 g/mol. The van der Waals surface area contributed by atoms with Crippen molar-refractivity contribution in [3.8, 4) is 0 Å². The van der Waals surface area contributed by atoms with E-state index in [-0.39, 0.29) is 11.4 Å². The van der Waals surface area contributed by atoms with E-state index < -0.39 is 16.0 Å². The number of carbonyl (C=O) groups excluding carboxylic acids is 1. The SMILES string of the molecule is COC(=O)c1ccc(NCCCS(N)(=O)=O)nn1. The van der Waals surface area contributed by atoms with E-state index in [0.29, 0.717) is 18.8 Å². The number of anilines is 1. The van der Waals surface area contributed by atoms with Gasteiger partial charge in [0.05, 0.1) is 12.9 Å². The summed E-state index contributed by atoms with van der Waals surface area (Å²) in [5.74, 6) is -0.228. The quantitative estimate of drug-likeness (QED) is 0.522. The van der Waals surface area contributed by atoms with Crippen LogP contribution in [0, 0.1) is 0 Å². The summed E-state index contributed by atoms with van der Waals surface area (Å²) in [5, 5.41) is 15.1. The molecule has 1 rings (SSSR count). The van der Waals surface area contributed by atoms with Crippen LogP contribution in [0.5, 0.6) is 0 Å². The van der Waals surface area contributed by atoms with Gasteiger partial charge in [0.25, 0.3) is 0 Å². The number of rotatable bonds is 6. The van der Waals surface area contributed by atoms with Gasteiger partial charge >= 0.3 is 5.97 Å². The molecule has 0 aromatic carbocycles. The predicted molar refractivity (Wildman–Crippen MR) is 64.5 cm³/mol. The van der Waals surface area contributed by atoms with E-state index in [9.17, 15) is 13.2 Å². The highest BCUT2D eigenvalue weighted by molar-refractivity contribution is 7.89. The molecule has 0 aliphatic carbocycles. The van der Waals surface area contributed by atoms with Crippen LogP contribution >= 0.6 is 0 Å². The van der Waals surface area contributed by atoms with E-state index in [1.165, 1.54) is 13.2 Å². The summed E-state index contributed by atoms with van der Waals surface area (Å²) < 4.78 is 25.8. The molecule has 9 heteroatoms. The van der Waals surface area contributed by atoms with E-state index >= 15 is 0 Å². The smallest absolute Gasteiger partial charge is 0.358 e. The third-order valence-electron chi connectivity index (χ3n) is 1.97.